The molecule has 7 nitrogen and oxygen atoms in total. The van der Waals surface area contributed by atoms with Gasteiger partial charge < -0.3 is 19.4 Å². The fraction of sp³-hybridized carbons (Fsp3) is 0.421. The van der Waals surface area contributed by atoms with Gasteiger partial charge >= 0.3 is 5.97 Å². The highest BCUT2D eigenvalue weighted by atomic mass is 32.1. The topological polar surface area (TPSA) is 88.9 Å². The minimum absolute atomic E-state index is 0.0168. The first-order valence-corrected chi connectivity index (χ1v) is 9.46. The molecule has 2 rings (SSSR count). The van der Waals surface area contributed by atoms with Crippen molar-refractivity contribution >= 4 is 34.1 Å². The zero-order chi connectivity index (χ0) is 20.1. The fourth-order valence-electron chi connectivity index (χ4n) is 2.77. The van der Waals surface area contributed by atoms with Gasteiger partial charge in [0, 0.05) is 12.1 Å². The third-order valence-electron chi connectivity index (χ3n) is 3.81. The van der Waals surface area contributed by atoms with Crippen LogP contribution in [0.5, 0.6) is 0 Å². The van der Waals surface area contributed by atoms with Crippen molar-refractivity contribution in [3.8, 4) is 0 Å². The molecule has 0 aromatic carbocycles. The van der Waals surface area contributed by atoms with Crippen LogP contribution in [0.15, 0.2) is 28.9 Å². The Morgan fingerprint density at radius 3 is 2.44 bits per heavy atom. The molecule has 27 heavy (non-hydrogen) atoms. The number of nitrogens with one attached hydrogen (secondary N) is 1. The Labute approximate surface area is 162 Å². The molecule has 146 valence electrons. The fourth-order valence-corrected chi connectivity index (χ4v) is 3.73. The second kappa shape index (κ2) is 8.85. The van der Waals surface area contributed by atoms with Crippen LogP contribution in [0, 0.1) is 6.92 Å². The molecule has 0 spiro atoms. The molecule has 0 fully saturated rings. The van der Waals surface area contributed by atoms with E-state index < -0.39 is 11.9 Å². The lowest BCUT2D eigenvalue weighted by Crippen LogP contribution is -2.44. The Morgan fingerprint density at radius 1 is 1.22 bits per heavy atom. The molecule has 0 saturated carbocycles. The molecule has 0 aliphatic heterocycles. The minimum Gasteiger partial charge on any atom is -0.459 e. The van der Waals surface area contributed by atoms with Gasteiger partial charge in [0.05, 0.1) is 11.3 Å². The molecule has 0 aliphatic rings. The van der Waals surface area contributed by atoms with Crippen LogP contribution < -0.4 is 5.32 Å². The molecule has 2 amide bonds. The van der Waals surface area contributed by atoms with E-state index in [1.165, 1.54) is 6.26 Å². The van der Waals surface area contributed by atoms with Crippen LogP contribution in [0.1, 0.15) is 53.5 Å². The lowest BCUT2D eigenvalue weighted by atomic mass is 10.2. The zero-order valence-electron chi connectivity index (χ0n) is 16.1. The van der Waals surface area contributed by atoms with E-state index in [4.69, 9.17) is 9.15 Å². The average molecular weight is 392 g/mol. The maximum absolute atomic E-state index is 12.3. The van der Waals surface area contributed by atoms with Crippen LogP contribution in [0.2, 0.25) is 0 Å². The standard InChI is InChI=1S/C19H24N2O5S/c1-11(2)21(12(3)4)16(22)10-26-19(24)17-13(5)9-15(27-17)20-18(23)14-7-6-8-25-14/h6-9,11-12H,10H2,1-5H3,(H,20,23). The van der Waals surface area contributed by atoms with Crippen LogP contribution in [0.3, 0.4) is 0 Å². The van der Waals surface area contributed by atoms with Crippen LogP contribution in [0.4, 0.5) is 5.00 Å². The Kier molecular flexibility index (Phi) is 6.79. The first-order valence-electron chi connectivity index (χ1n) is 8.64. The molecule has 8 heteroatoms. The number of hydrogen-bond donors (Lipinski definition) is 1. The molecular weight excluding hydrogens is 368 g/mol. The summed E-state index contributed by atoms with van der Waals surface area (Å²) < 4.78 is 10.2. The van der Waals surface area contributed by atoms with Crippen molar-refractivity contribution in [2.24, 2.45) is 0 Å². The van der Waals surface area contributed by atoms with E-state index in [2.05, 4.69) is 5.32 Å². The summed E-state index contributed by atoms with van der Waals surface area (Å²) in [6, 6.07) is 4.88. The van der Waals surface area contributed by atoms with Gasteiger partial charge in [0.25, 0.3) is 11.8 Å². The number of nitrogens with zero attached hydrogens (tertiary/aromatic N) is 1. The summed E-state index contributed by atoms with van der Waals surface area (Å²) in [6.07, 6.45) is 1.41. The smallest absolute Gasteiger partial charge is 0.349 e. The van der Waals surface area contributed by atoms with Crippen molar-refractivity contribution in [1.82, 2.24) is 4.90 Å². The summed E-state index contributed by atoms with van der Waals surface area (Å²) in [4.78, 5) is 38.7. The quantitative estimate of drug-likeness (QED) is 0.726. The lowest BCUT2D eigenvalue weighted by molar-refractivity contribution is -0.138. The molecule has 2 aromatic rings. The van der Waals surface area contributed by atoms with Crippen molar-refractivity contribution in [3.63, 3.8) is 0 Å². The monoisotopic (exact) mass is 392 g/mol. The highest BCUT2D eigenvalue weighted by molar-refractivity contribution is 7.18. The maximum atomic E-state index is 12.3. The number of amides is 2. The van der Waals surface area contributed by atoms with Gasteiger partial charge in [0.15, 0.2) is 12.4 Å². The molecule has 0 aliphatic carbocycles. The number of thiophene rings is 1. The number of rotatable bonds is 7. The van der Waals surface area contributed by atoms with Gasteiger partial charge in [0.2, 0.25) is 0 Å². The Bertz CT molecular complexity index is 800. The van der Waals surface area contributed by atoms with Crippen LogP contribution in [-0.2, 0) is 9.53 Å². The predicted octanol–water partition coefficient (Wildman–Crippen LogP) is 3.70. The number of aryl methyl sites for hydroxylation is 1. The second-order valence-corrected chi connectivity index (χ2v) is 7.67. The SMILES string of the molecule is Cc1cc(NC(=O)c2ccco2)sc1C(=O)OCC(=O)N(C(C)C)C(C)C. The van der Waals surface area contributed by atoms with Crippen molar-refractivity contribution in [3.05, 3.63) is 40.7 Å². The molecule has 0 atom stereocenters. The summed E-state index contributed by atoms with van der Waals surface area (Å²) in [5, 5.41) is 3.17. The summed E-state index contributed by atoms with van der Waals surface area (Å²) in [5.74, 6) is -1.05. The number of furan rings is 1. The number of esters is 1. The van der Waals surface area contributed by atoms with E-state index in [1.807, 2.05) is 27.7 Å². The van der Waals surface area contributed by atoms with Crippen molar-refractivity contribution in [2.45, 2.75) is 46.7 Å². The van der Waals surface area contributed by atoms with Gasteiger partial charge in [0.1, 0.15) is 4.88 Å². The predicted molar refractivity (Wildman–Crippen MR) is 103 cm³/mol. The van der Waals surface area contributed by atoms with E-state index in [0.717, 1.165) is 11.3 Å². The zero-order valence-corrected chi connectivity index (χ0v) is 16.9. The van der Waals surface area contributed by atoms with Gasteiger partial charge in [-0.15, -0.1) is 11.3 Å². The largest absolute Gasteiger partial charge is 0.459 e. The maximum Gasteiger partial charge on any atom is 0.349 e. The molecule has 1 N–H and O–H groups in total. The highest BCUT2D eigenvalue weighted by Gasteiger charge is 2.23. The first kappa shape index (κ1) is 20.7. The molecule has 0 bridgehead atoms. The van der Waals surface area contributed by atoms with Gasteiger partial charge in [-0.3, -0.25) is 9.59 Å². The van der Waals surface area contributed by atoms with E-state index in [9.17, 15) is 14.4 Å². The van der Waals surface area contributed by atoms with Gasteiger partial charge in [-0.1, -0.05) is 0 Å². The van der Waals surface area contributed by atoms with Gasteiger partial charge in [-0.2, -0.15) is 0 Å². The molecule has 0 saturated heterocycles. The Morgan fingerprint density at radius 2 is 1.89 bits per heavy atom. The van der Waals surface area contributed by atoms with E-state index in [0.29, 0.717) is 15.4 Å². The summed E-state index contributed by atoms with van der Waals surface area (Å²) >= 11 is 1.09. The third kappa shape index (κ3) is 5.19. The van der Waals surface area contributed by atoms with Crippen molar-refractivity contribution in [2.75, 3.05) is 11.9 Å². The number of carbonyl (C=O) groups is 3. The van der Waals surface area contributed by atoms with Gasteiger partial charge in [-0.25, -0.2) is 4.79 Å². The van der Waals surface area contributed by atoms with Crippen molar-refractivity contribution in [1.29, 1.82) is 0 Å². The first-order chi connectivity index (χ1) is 12.7. The summed E-state index contributed by atoms with van der Waals surface area (Å²) in [7, 11) is 0. The van der Waals surface area contributed by atoms with Crippen LogP contribution in [-0.4, -0.2) is 41.4 Å². The molecule has 2 aromatic heterocycles. The highest BCUT2D eigenvalue weighted by Crippen LogP contribution is 2.28. The molecule has 0 radical (unpaired) electrons. The lowest BCUT2D eigenvalue weighted by Gasteiger charge is -2.30. The van der Waals surface area contributed by atoms with E-state index in [-0.39, 0.29) is 30.4 Å². The van der Waals surface area contributed by atoms with Gasteiger partial charge in [-0.05, 0) is 58.4 Å². The summed E-state index contributed by atoms with van der Waals surface area (Å²) in [5.41, 5.74) is 0.664. The number of hydrogen-bond acceptors (Lipinski definition) is 6. The normalized spacial score (nSPS) is 10.9. The number of ether oxygens (including phenoxy) is 1. The van der Waals surface area contributed by atoms with Crippen molar-refractivity contribution < 1.29 is 23.5 Å². The number of anilines is 1. The molecule has 0 unspecified atom stereocenters. The van der Waals surface area contributed by atoms with E-state index >= 15 is 0 Å². The van der Waals surface area contributed by atoms with Crippen LogP contribution in [0.25, 0.3) is 0 Å². The minimum atomic E-state index is -0.586. The Hall–Kier alpha value is -2.61. The molecular formula is C19H24N2O5S. The number of carbonyl (C=O) groups excluding carboxylic acids is 3. The Balaban J connectivity index is 1.99. The molecule has 2 heterocycles. The second-order valence-electron chi connectivity index (χ2n) is 6.62. The third-order valence-corrected chi connectivity index (χ3v) is 4.94. The van der Waals surface area contributed by atoms with E-state index in [1.54, 1.807) is 30.0 Å². The van der Waals surface area contributed by atoms with Crippen LogP contribution >= 0.6 is 11.3 Å². The summed E-state index contributed by atoms with van der Waals surface area (Å²) in [6.45, 7) is 9.08. The average Bonchev–Trinajstić information content (AvgIpc) is 3.21.